The average Bonchev–Trinajstić information content (AvgIpc) is 2.77. The van der Waals surface area contributed by atoms with E-state index < -0.39 is 11.5 Å². The van der Waals surface area contributed by atoms with Crippen molar-refractivity contribution in [3.05, 3.63) is 70.0 Å². The second kappa shape index (κ2) is 9.90. The lowest BCUT2D eigenvalue weighted by Crippen LogP contribution is -2.32. The van der Waals surface area contributed by atoms with E-state index in [1.165, 1.54) is 6.07 Å². The summed E-state index contributed by atoms with van der Waals surface area (Å²) in [5.74, 6) is -0.108. The minimum Gasteiger partial charge on any atom is -0.497 e. The molecule has 160 valence electrons. The molecule has 2 amide bonds. The van der Waals surface area contributed by atoms with Crippen LogP contribution in [0.25, 0.3) is 11.3 Å². The van der Waals surface area contributed by atoms with Crippen LogP contribution < -0.4 is 20.9 Å². The Balaban J connectivity index is 1.91. The van der Waals surface area contributed by atoms with Crippen molar-refractivity contribution >= 4 is 34.8 Å². The highest BCUT2D eigenvalue weighted by Crippen LogP contribution is 2.21. The van der Waals surface area contributed by atoms with Gasteiger partial charge >= 0.3 is 0 Å². The number of ether oxygens (including phenoxy) is 1. The average molecular weight is 441 g/mol. The fourth-order valence-electron chi connectivity index (χ4n) is 2.75. The molecule has 0 saturated heterocycles. The number of nitrogens with zero attached hydrogens (tertiary/aromatic N) is 2. The van der Waals surface area contributed by atoms with Gasteiger partial charge in [-0.3, -0.25) is 14.4 Å². The molecule has 0 fully saturated rings. The third-order valence-electron chi connectivity index (χ3n) is 4.38. The molecule has 0 radical (unpaired) electrons. The van der Waals surface area contributed by atoms with Crippen molar-refractivity contribution in [3.8, 4) is 17.0 Å². The highest BCUT2D eigenvalue weighted by molar-refractivity contribution is 6.30. The number of benzene rings is 2. The molecular weight excluding hydrogens is 420 g/mol. The zero-order valence-corrected chi connectivity index (χ0v) is 17.8. The zero-order chi connectivity index (χ0) is 22.4. The second-order valence-electron chi connectivity index (χ2n) is 6.59. The van der Waals surface area contributed by atoms with Crippen molar-refractivity contribution in [2.75, 3.05) is 17.7 Å². The van der Waals surface area contributed by atoms with Gasteiger partial charge in [-0.25, -0.2) is 4.68 Å². The predicted molar refractivity (Wildman–Crippen MR) is 119 cm³/mol. The molecule has 3 rings (SSSR count). The van der Waals surface area contributed by atoms with Crippen molar-refractivity contribution in [2.45, 2.75) is 19.9 Å². The number of nitrogens with one attached hydrogen (secondary N) is 2. The third kappa shape index (κ3) is 5.70. The molecule has 0 saturated carbocycles. The molecule has 0 aliphatic carbocycles. The van der Waals surface area contributed by atoms with Crippen LogP contribution in [0.15, 0.2) is 59.4 Å². The number of methoxy groups -OCH3 is 1. The van der Waals surface area contributed by atoms with E-state index in [2.05, 4.69) is 15.7 Å². The van der Waals surface area contributed by atoms with Crippen LogP contribution in [0.3, 0.4) is 0 Å². The summed E-state index contributed by atoms with van der Waals surface area (Å²) in [7, 11) is 1.55. The van der Waals surface area contributed by atoms with Crippen LogP contribution >= 0.6 is 11.6 Å². The quantitative estimate of drug-likeness (QED) is 0.584. The molecule has 0 spiro atoms. The number of halogens is 1. The molecule has 0 aliphatic rings. The van der Waals surface area contributed by atoms with Gasteiger partial charge in [0.05, 0.1) is 12.8 Å². The van der Waals surface area contributed by atoms with E-state index in [1.54, 1.807) is 62.6 Å². The molecule has 31 heavy (non-hydrogen) atoms. The van der Waals surface area contributed by atoms with Gasteiger partial charge in [0.15, 0.2) is 0 Å². The molecule has 0 atom stereocenters. The first-order valence-electron chi connectivity index (χ1n) is 9.51. The van der Waals surface area contributed by atoms with Gasteiger partial charge in [0, 0.05) is 22.7 Å². The Labute approximate surface area is 183 Å². The first-order chi connectivity index (χ1) is 14.9. The zero-order valence-electron chi connectivity index (χ0n) is 17.0. The van der Waals surface area contributed by atoms with Gasteiger partial charge in [-0.2, -0.15) is 5.10 Å². The van der Waals surface area contributed by atoms with Crippen molar-refractivity contribution in [2.24, 2.45) is 0 Å². The molecular formula is C22H21ClN4O4. The highest BCUT2D eigenvalue weighted by Gasteiger charge is 2.15. The normalized spacial score (nSPS) is 10.4. The van der Waals surface area contributed by atoms with Crippen LogP contribution in [0, 0.1) is 0 Å². The summed E-state index contributed by atoms with van der Waals surface area (Å²) >= 11 is 5.95. The second-order valence-corrected chi connectivity index (χ2v) is 7.03. The fraction of sp³-hybridized carbons (Fsp3) is 0.182. The van der Waals surface area contributed by atoms with Gasteiger partial charge in [0.1, 0.15) is 18.0 Å². The third-order valence-corrected chi connectivity index (χ3v) is 4.63. The number of aromatic nitrogens is 2. The molecule has 0 bridgehead atoms. The summed E-state index contributed by atoms with van der Waals surface area (Å²) < 4.78 is 6.11. The minimum atomic E-state index is -0.579. The van der Waals surface area contributed by atoms with Gasteiger partial charge in [0.25, 0.3) is 5.56 Å². The van der Waals surface area contributed by atoms with Gasteiger partial charge in [-0.1, -0.05) is 30.7 Å². The Morgan fingerprint density at radius 3 is 2.32 bits per heavy atom. The van der Waals surface area contributed by atoms with Crippen molar-refractivity contribution in [1.29, 1.82) is 0 Å². The van der Waals surface area contributed by atoms with Crippen LogP contribution in [-0.2, 0) is 16.1 Å². The molecule has 8 nitrogen and oxygen atoms in total. The molecule has 1 heterocycles. The van der Waals surface area contributed by atoms with Gasteiger partial charge in [-0.05, 0) is 42.5 Å². The number of rotatable bonds is 7. The smallest absolute Gasteiger partial charge is 0.291 e. The Morgan fingerprint density at radius 2 is 1.71 bits per heavy atom. The van der Waals surface area contributed by atoms with E-state index in [-0.39, 0.29) is 24.6 Å². The fourth-order valence-corrected chi connectivity index (χ4v) is 2.88. The van der Waals surface area contributed by atoms with Crippen molar-refractivity contribution in [1.82, 2.24) is 9.78 Å². The van der Waals surface area contributed by atoms with Crippen LogP contribution in [0.2, 0.25) is 5.02 Å². The Hall–Kier alpha value is -3.65. The number of anilines is 2. The van der Waals surface area contributed by atoms with Crippen LogP contribution in [0.4, 0.5) is 11.4 Å². The molecule has 1 aromatic heterocycles. The van der Waals surface area contributed by atoms with E-state index in [9.17, 15) is 14.4 Å². The summed E-state index contributed by atoms with van der Waals surface area (Å²) in [5.41, 5.74) is 1.11. The Kier molecular flexibility index (Phi) is 7.04. The lowest BCUT2D eigenvalue weighted by Gasteiger charge is -2.12. The van der Waals surface area contributed by atoms with E-state index in [4.69, 9.17) is 16.3 Å². The van der Waals surface area contributed by atoms with E-state index >= 15 is 0 Å². The monoisotopic (exact) mass is 440 g/mol. The summed E-state index contributed by atoms with van der Waals surface area (Å²) in [4.78, 5) is 37.2. The number of hydrogen-bond acceptors (Lipinski definition) is 5. The van der Waals surface area contributed by atoms with Crippen LogP contribution in [-0.4, -0.2) is 28.7 Å². The van der Waals surface area contributed by atoms with E-state index in [0.717, 1.165) is 4.68 Å². The topological polar surface area (TPSA) is 102 Å². The summed E-state index contributed by atoms with van der Waals surface area (Å²) in [6.45, 7) is 1.35. The maximum absolute atomic E-state index is 12.8. The predicted octanol–water partition coefficient (Wildman–Crippen LogP) is 3.56. The van der Waals surface area contributed by atoms with Gasteiger partial charge in [-0.15, -0.1) is 0 Å². The molecule has 0 unspecified atom stereocenters. The lowest BCUT2D eigenvalue weighted by molar-refractivity contribution is -0.117. The SMILES string of the molecule is CCC(=O)Nc1cc(-c2ccc(Cl)cc2)nn(CC(=O)Nc2ccc(OC)cc2)c1=O. The largest absolute Gasteiger partial charge is 0.497 e. The lowest BCUT2D eigenvalue weighted by atomic mass is 10.1. The maximum Gasteiger partial charge on any atom is 0.291 e. The first-order valence-corrected chi connectivity index (χ1v) is 9.89. The van der Waals surface area contributed by atoms with Crippen LogP contribution in [0.5, 0.6) is 5.75 Å². The van der Waals surface area contributed by atoms with Gasteiger partial charge in [0.2, 0.25) is 11.8 Å². The van der Waals surface area contributed by atoms with E-state index in [1.807, 2.05) is 0 Å². The number of amides is 2. The van der Waals surface area contributed by atoms with Crippen molar-refractivity contribution < 1.29 is 14.3 Å². The number of carbonyl (C=O) groups is 2. The molecule has 0 aliphatic heterocycles. The standard InChI is InChI=1S/C22H21ClN4O4/c1-3-20(28)25-19-12-18(14-4-6-15(23)7-5-14)26-27(22(19)30)13-21(29)24-16-8-10-17(31-2)11-9-16/h4-12H,3,13H2,1-2H3,(H,24,29)(H,25,28). The summed E-state index contributed by atoms with van der Waals surface area (Å²) in [5, 5.41) is 10.1. The highest BCUT2D eigenvalue weighted by atomic mass is 35.5. The molecule has 9 heteroatoms. The van der Waals surface area contributed by atoms with Gasteiger partial charge < -0.3 is 15.4 Å². The Bertz CT molecular complexity index is 1140. The first kappa shape index (κ1) is 22.0. The maximum atomic E-state index is 12.8. The number of carbonyl (C=O) groups excluding carboxylic acids is 2. The molecule has 3 aromatic rings. The van der Waals surface area contributed by atoms with E-state index in [0.29, 0.717) is 27.7 Å². The number of hydrogen-bond donors (Lipinski definition) is 2. The minimum absolute atomic E-state index is 0.0454. The summed E-state index contributed by atoms with van der Waals surface area (Å²) in [6.07, 6.45) is 0.204. The summed E-state index contributed by atoms with van der Waals surface area (Å²) in [6, 6.07) is 15.1. The molecule has 2 N–H and O–H groups in total. The Morgan fingerprint density at radius 1 is 1.03 bits per heavy atom. The van der Waals surface area contributed by atoms with Crippen LogP contribution in [0.1, 0.15) is 13.3 Å². The molecule has 2 aromatic carbocycles. The van der Waals surface area contributed by atoms with Crippen molar-refractivity contribution in [3.63, 3.8) is 0 Å².